The van der Waals surface area contributed by atoms with E-state index >= 15 is 0 Å². The number of carbonyl (C=O) groups excluding carboxylic acids is 3. The lowest BCUT2D eigenvalue weighted by atomic mass is 10.1. The van der Waals surface area contributed by atoms with Gasteiger partial charge in [-0.15, -0.1) is 0 Å². The van der Waals surface area contributed by atoms with E-state index in [2.05, 4.69) is 0 Å². The molecule has 1 fully saturated rings. The van der Waals surface area contributed by atoms with Crippen LogP contribution in [0, 0.1) is 0 Å². The molecule has 0 spiro atoms. The number of nitrogens with zero attached hydrogens (tertiary/aromatic N) is 1. The maximum absolute atomic E-state index is 12.6. The van der Waals surface area contributed by atoms with Crippen molar-refractivity contribution in [2.75, 3.05) is 6.54 Å². The topological polar surface area (TPSA) is 86.7 Å². The number of hydrogen-bond acceptors (Lipinski definition) is 4. The summed E-state index contributed by atoms with van der Waals surface area (Å²) in [6, 6.07) is 4.39. The van der Waals surface area contributed by atoms with E-state index in [-0.39, 0.29) is 30.9 Å². The van der Waals surface area contributed by atoms with Crippen LogP contribution in [0.3, 0.4) is 0 Å². The number of benzene rings is 1. The molecular formula is C19H21F3N2O4. The summed E-state index contributed by atoms with van der Waals surface area (Å²) < 4.78 is 37.8. The number of imide groups is 1. The van der Waals surface area contributed by atoms with Crippen molar-refractivity contribution in [3.8, 4) is 0 Å². The van der Waals surface area contributed by atoms with E-state index in [1.165, 1.54) is 18.2 Å². The molecule has 1 aromatic rings. The first-order valence-corrected chi connectivity index (χ1v) is 8.88. The molecule has 0 atom stereocenters. The van der Waals surface area contributed by atoms with E-state index < -0.39 is 23.6 Å². The van der Waals surface area contributed by atoms with Gasteiger partial charge in [-0.2, -0.15) is 13.2 Å². The van der Waals surface area contributed by atoms with Crippen LogP contribution in [0.4, 0.5) is 13.2 Å². The van der Waals surface area contributed by atoms with E-state index in [9.17, 15) is 27.6 Å². The Bertz CT molecular complexity index is 757. The molecule has 152 valence electrons. The van der Waals surface area contributed by atoms with Crippen molar-refractivity contribution in [2.45, 2.75) is 44.7 Å². The zero-order valence-electron chi connectivity index (χ0n) is 15.1. The average molecular weight is 398 g/mol. The minimum absolute atomic E-state index is 0.0729. The van der Waals surface area contributed by atoms with Gasteiger partial charge in [0.1, 0.15) is 0 Å². The molecule has 1 saturated heterocycles. The molecule has 6 nitrogen and oxygen atoms in total. The lowest BCUT2D eigenvalue weighted by Gasteiger charge is -2.13. The minimum atomic E-state index is -4.43. The summed E-state index contributed by atoms with van der Waals surface area (Å²) in [5, 5.41) is 8.38. The van der Waals surface area contributed by atoms with Crippen LogP contribution >= 0.6 is 0 Å². The quantitative estimate of drug-likeness (QED) is 0.231. The standard InChI is InChI=1S/C19H21F3N2O4/c20-19(21,22)15-8-6-13(7-9-15)11-14-12-17(26)24(18(14)27)10-4-2-1-3-5-16(25)23-28/h6-9,11,28H,1-5,10,12H2,(H,23,25). The van der Waals surface area contributed by atoms with Crippen molar-refractivity contribution in [2.24, 2.45) is 0 Å². The Morgan fingerprint density at radius 2 is 1.75 bits per heavy atom. The maximum Gasteiger partial charge on any atom is 0.416 e. The molecule has 3 amide bonds. The molecule has 0 saturated carbocycles. The molecular weight excluding hydrogens is 377 g/mol. The van der Waals surface area contributed by atoms with Gasteiger partial charge in [0.2, 0.25) is 11.8 Å². The zero-order valence-corrected chi connectivity index (χ0v) is 15.1. The number of likely N-dealkylation sites (tertiary alicyclic amines) is 1. The Morgan fingerprint density at radius 3 is 2.36 bits per heavy atom. The van der Waals surface area contributed by atoms with Crippen LogP contribution in [0.25, 0.3) is 6.08 Å². The van der Waals surface area contributed by atoms with Gasteiger partial charge in [-0.3, -0.25) is 24.5 Å². The molecule has 0 radical (unpaired) electrons. The number of halogens is 3. The number of amides is 3. The average Bonchev–Trinajstić information content (AvgIpc) is 2.91. The van der Waals surface area contributed by atoms with Gasteiger partial charge in [0.15, 0.2) is 0 Å². The summed E-state index contributed by atoms with van der Waals surface area (Å²) in [4.78, 5) is 36.4. The minimum Gasteiger partial charge on any atom is -0.289 e. The molecule has 1 aromatic carbocycles. The van der Waals surface area contributed by atoms with Crippen LogP contribution < -0.4 is 5.48 Å². The van der Waals surface area contributed by atoms with Crippen LogP contribution in [0.2, 0.25) is 0 Å². The Labute approximate surface area is 160 Å². The van der Waals surface area contributed by atoms with E-state index in [0.29, 0.717) is 24.8 Å². The molecule has 1 aliphatic heterocycles. The third-order valence-corrected chi connectivity index (χ3v) is 4.40. The van der Waals surface area contributed by atoms with E-state index in [1.54, 1.807) is 5.48 Å². The van der Waals surface area contributed by atoms with Crippen molar-refractivity contribution in [1.29, 1.82) is 0 Å². The van der Waals surface area contributed by atoms with Gasteiger partial charge in [0.25, 0.3) is 5.91 Å². The predicted octanol–water partition coefficient (Wildman–Crippen LogP) is 3.30. The number of unbranched alkanes of at least 4 members (excludes halogenated alkanes) is 3. The molecule has 1 heterocycles. The Morgan fingerprint density at radius 1 is 1.11 bits per heavy atom. The lowest BCUT2D eigenvalue weighted by molar-refractivity contribution is -0.138. The molecule has 2 rings (SSSR count). The number of alkyl halides is 3. The van der Waals surface area contributed by atoms with E-state index in [1.807, 2.05) is 0 Å². The number of rotatable bonds is 8. The zero-order chi connectivity index (χ0) is 20.7. The van der Waals surface area contributed by atoms with Gasteiger partial charge in [-0.25, -0.2) is 5.48 Å². The first-order valence-electron chi connectivity index (χ1n) is 8.88. The number of hydroxylamine groups is 1. The van der Waals surface area contributed by atoms with Crippen molar-refractivity contribution in [3.05, 3.63) is 41.0 Å². The van der Waals surface area contributed by atoms with E-state index in [4.69, 9.17) is 5.21 Å². The lowest BCUT2D eigenvalue weighted by Crippen LogP contribution is -2.30. The second kappa shape index (κ2) is 9.50. The van der Waals surface area contributed by atoms with Gasteiger partial charge in [-0.1, -0.05) is 25.0 Å². The Hall–Kier alpha value is -2.68. The smallest absolute Gasteiger partial charge is 0.289 e. The highest BCUT2D eigenvalue weighted by Crippen LogP contribution is 2.30. The fourth-order valence-corrected chi connectivity index (χ4v) is 2.89. The SMILES string of the molecule is O=C(CCCCCCN1C(=O)CC(=Cc2ccc(C(F)(F)F)cc2)C1=O)NO. The molecule has 28 heavy (non-hydrogen) atoms. The molecule has 1 aliphatic rings. The second-order valence-corrected chi connectivity index (χ2v) is 6.52. The largest absolute Gasteiger partial charge is 0.416 e. The van der Waals surface area contributed by atoms with Crippen molar-refractivity contribution < 1.29 is 32.8 Å². The summed E-state index contributed by atoms with van der Waals surface area (Å²) in [6.45, 7) is 0.258. The maximum atomic E-state index is 12.6. The van der Waals surface area contributed by atoms with Gasteiger partial charge in [-0.05, 0) is 36.6 Å². The van der Waals surface area contributed by atoms with Crippen molar-refractivity contribution >= 4 is 23.8 Å². The first kappa shape index (κ1) is 21.6. The molecule has 0 bridgehead atoms. The third kappa shape index (κ3) is 5.91. The highest BCUT2D eigenvalue weighted by molar-refractivity contribution is 6.15. The number of hydrogen-bond donors (Lipinski definition) is 2. The first-order chi connectivity index (χ1) is 13.2. The molecule has 0 aliphatic carbocycles. The normalized spacial score (nSPS) is 16.1. The van der Waals surface area contributed by atoms with Crippen LogP contribution in [-0.2, 0) is 20.6 Å². The monoisotopic (exact) mass is 398 g/mol. The fourth-order valence-electron chi connectivity index (χ4n) is 2.89. The number of nitrogens with one attached hydrogen (secondary N) is 1. The summed E-state index contributed by atoms with van der Waals surface area (Å²) in [5.41, 5.74) is 1.45. The van der Waals surface area contributed by atoms with Gasteiger partial charge >= 0.3 is 6.18 Å². The van der Waals surface area contributed by atoms with Gasteiger partial charge in [0.05, 0.1) is 12.0 Å². The summed E-state index contributed by atoms with van der Waals surface area (Å²) in [6.07, 6.45) is -0.239. The summed E-state index contributed by atoms with van der Waals surface area (Å²) in [7, 11) is 0. The van der Waals surface area contributed by atoms with Crippen LogP contribution in [0.1, 0.15) is 49.7 Å². The highest BCUT2D eigenvalue weighted by atomic mass is 19.4. The Balaban J connectivity index is 1.87. The van der Waals surface area contributed by atoms with Gasteiger partial charge < -0.3 is 0 Å². The van der Waals surface area contributed by atoms with Gasteiger partial charge in [0, 0.05) is 18.5 Å². The van der Waals surface area contributed by atoms with E-state index in [0.717, 1.165) is 23.5 Å². The predicted molar refractivity (Wildman–Crippen MR) is 93.8 cm³/mol. The van der Waals surface area contributed by atoms with Crippen LogP contribution in [0.15, 0.2) is 29.8 Å². The summed E-state index contributed by atoms with van der Waals surface area (Å²) >= 11 is 0. The number of carbonyl (C=O) groups is 3. The summed E-state index contributed by atoms with van der Waals surface area (Å²) in [5.74, 6) is -1.21. The molecule has 0 unspecified atom stereocenters. The Kier molecular flexibility index (Phi) is 7.33. The van der Waals surface area contributed by atoms with Crippen LogP contribution in [-0.4, -0.2) is 34.4 Å². The molecule has 2 N–H and O–H groups in total. The molecule has 0 aromatic heterocycles. The van der Waals surface area contributed by atoms with Crippen molar-refractivity contribution in [1.82, 2.24) is 10.4 Å². The third-order valence-electron chi connectivity index (χ3n) is 4.40. The van der Waals surface area contributed by atoms with Crippen LogP contribution in [0.5, 0.6) is 0 Å². The fraction of sp³-hybridized carbons (Fsp3) is 0.421. The van der Waals surface area contributed by atoms with Crippen molar-refractivity contribution in [3.63, 3.8) is 0 Å². The highest BCUT2D eigenvalue weighted by Gasteiger charge is 2.33. The molecule has 9 heteroatoms. The second-order valence-electron chi connectivity index (χ2n) is 6.52.